The number of aryl methyl sites for hydroxylation is 1. The van der Waals surface area contributed by atoms with Gasteiger partial charge in [-0.05, 0) is 30.2 Å². The number of benzene rings is 1. The van der Waals surface area contributed by atoms with Crippen molar-refractivity contribution in [3.8, 4) is 5.75 Å². The first-order valence-electron chi connectivity index (χ1n) is 5.85. The van der Waals surface area contributed by atoms with E-state index in [4.69, 9.17) is 4.74 Å². The first-order valence-corrected chi connectivity index (χ1v) is 5.85. The van der Waals surface area contributed by atoms with Gasteiger partial charge in [0.15, 0.2) is 0 Å². The maximum Gasteiger partial charge on any atom is 0.412 e. The Morgan fingerprint density at radius 3 is 2.72 bits per heavy atom. The minimum atomic E-state index is -0.419. The first kappa shape index (κ1) is 12.2. The fourth-order valence-electron chi connectivity index (χ4n) is 1.65. The third-order valence-corrected chi connectivity index (χ3v) is 2.53. The predicted molar refractivity (Wildman–Crippen MR) is 69.6 cm³/mol. The predicted octanol–water partition coefficient (Wildman–Crippen LogP) is 2.36. The Labute approximate surface area is 106 Å². The van der Waals surface area contributed by atoms with E-state index in [9.17, 15) is 4.79 Å². The number of rotatable bonds is 4. The number of hydrogen-bond donors (Lipinski definition) is 1. The number of para-hydroxylation sites is 1. The van der Waals surface area contributed by atoms with Crippen LogP contribution < -0.4 is 10.1 Å². The van der Waals surface area contributed by atoms with Gasteiger partial charge in [0.25, 0.3) is 0 Å². The molecule has 0 saturated carbocycles. The van der Waals surface area contributed by atoms with E-state index in [0.29, 0.717) is 12.3 Å². The van der Waals surface area contributed by atoms with Crippen LogP contribution in [-0.2, 0) is 13.5 Å². The number of aromatic nitrogens is 1. The molecule has 1 heterocycles. The number of carbonyl (C=O) groups excluding carboxylic acids is 1. The molecule has 0 aliphatic rings. The standard InChI is InChI=1S/C14H16N2O2/c1-16-10-8-12(11-16)7-9-15-14(17)18-13-5-3-2-4-6-13/h2-6,8,10-11H,7,9H2,1H3,(H,15,17). The molecule has 4 nitrogen and oxygen atoms in total. The Balaban J connectivity index is 1.72. The van der Waals surface area contributed by atoms with Crippen LogP contribution in [0.5, 0.6) is 5.75 Å². The van der Waals surface area contributed by atoms with Gasteiger partial charge in [-0.15, -0.1) is 0 Å². The summed E-state index contributed by atoms with van der Waals surface area (Å²) in [4.78, 5) is 11.5. The average molecular weight is 244 g/mol. The van der Waals surface area contributed by atoms with Crippen LogP contribution in [0, 0.1) is 0 Å². The molecular weight excluding hydrogens is 228 g/mol. The number of nitrogens with one attached hydrogen (secondary N) is 1. The zero-order valence-electron chi connectivity index (χ0n) is 10.3. The SMILES string of the molecule is Cn1ccc(CCNC(=O)Oc2ccccc2)c1. The molecule has 18 heavy (non-hydrogen) atoms. The summed E-state index contributed by atoms with van der Waals surface area (Å²) in [6.45, 7) is 0.565. The molecule has 94 valence electrons. The lowest BCUT2D eigenvalue weighted by Crippen LogP contribution is -2.28. The third-order valence-electron chi connectivity index (χ3n) is 2.53. The van der Waals surface area contributed by atoms with Gasteiger partial charge in [-0.3, -0.25) is 0 Å². The summed E-state index contributed by atoms with van der Waals surface area (Å²) in [7, 11) is 1.97. The van der Waals surface area contributed by atoms with Crippen molar-refractivity contribution in [2.75, 3.05) is 6.54 Å². The van der Waals surface area contributed by atoms with Gasteiger partial charge in [-0.2, -0.15) is 0 Å². The molecule has 2 rings (SSSR count). The highest BCUT2D eigenvalue weighted by molar-refractivity contribution is 5.70. The number of carbonyl (C=O) groups is 1. The van der Waals surface area contributed by atoms with Crippen LogP contribution in [0.3, 0.4) is 0 Å². The summed E-state index contributed by atoms with van der Waals surface area (Å²) < 4.78 is 7.09. The third kappa shape index (κ3) is 3.66. The summed E-state index contributed by atoms with van der Waals surface area (Å²) >= 11 is 0. The second kappa shape index (κ2) is 5.91. The van der Waals surface area contributed by atoms with Crippen molar-refractivity contribution in [2.45, 2.75) is 6.42 Å². The molecule has 0 bridgehead atoms. The number of ether oxygens (including phenoxy) is 1. The van der Waals surface area contributed by atoms with Crippen molar-refractivity contribution in [1.29, 1.82) is 0 Å². The van der Waals surface area contributed by atoms with Gasteiger partial charge in [0.05, 0.1) is 0 Å². The Morgan fingerprint density at radius 1 is 1.28 bits per heavy atom. The molecule has 1 aromatic heterocycles. The highest BCUT2D eigenvalue weighted by Crippen LogP contribution is 2.08. The topological polar surface area (TPSA) is 43.3 Å². The maximum atomic E-state index is 11.5. The molecule has 0 spiro atoms. The van der Waals surface area contributed by atoms with Gasteiger partial charge in [-0.25, -0.2) is 4.79 Å². The summed E-state index contributed by atoms with van der Waals surface area (Å²) in [5.74, 6) is 0.551. The van der Waals surface area contributed by atoms with Crippen molar-refractivity contribution >= 4 is 6.09 Å². The van der Waals surface area contributed by atoms with Crippen LogP contribution in [0.4, 0.5) is 4.79 Å². The molecule has 0 aliphatic carbocycles. The second-order valence-electron chi connectivity index (χ2n) is 4.06. The smallest absolute Gasteiger partial charge is 0.410 e. The van der Waals surface area contributed by atoms with E-state index in [1.54, 1.807) is 12.1 Å². The summed E-state index contributed by atoms with van der Waals surface area (Å²) in [5.41, 5.74) is 1.19. The monoisotopic (exact) mass is 244 g/mol. The van der Waals surface area contributed by atoms with E-state index in [0.717, 1.165) is 6.42 Å². The van der Waals surface area contributed by atoms with E-state index >= 15 is 0 Å². The molecule has 0 fully saturated rings. The number of amides is 1. The zero-order chi connectivity index (χ0) is 12.8. The Bertz CT molecular complexity index is 506. The Morgan fingerprint density at radius 2 is 2.06 bits per heavy atom. The molecule has 0 radical (unpaired) electrons. The van der Waals surface area contributed by atoms with Gasteiger partial charge < -0.3 is 14.6 Å². The second-order valence-corrected chi connectivity index (χ2v) is 4.06. The quantitative estimate of drug-likeness (QED) is 0.897. The van der Waals surface area contributed by atoms with Crippen LogP contribution in [0.1, 0.15) is 5.56 Å². The van der Waals surface area contributed by atoms with E-state index in [1.807, 2.05) is 48.3 Å². The normalized spacial score (nSPS) is 10.1. The molecule has 1 aromatic carbocycles. The van der Waals surface area contributed by atoms with Crippen molar-refractivity contribution in [3.05, 3.63) is 54.4 Å². The fourth-order valence-corrected chi connectivity index (χ4v) is 1.65. The highest BCUT2D eigenvalue weighted by atomic mass is 16.5. The van der Waals surface area contributed by atoms with Crippen LogP contribution in [-0.4, -0.2) is 17.2 Å². The molecule has 4 heteroatoms. The van der Waals surface area contributed by atoms with Gasteiger partial charge in [-0.1, -0.05) is 18.2 Å². The lowest BCUT2D eigenvalue weighted by Gasteiger charge is -2.05. The van der Waals surface area contributed by atoms with Crippen LogP contribution in [0.15, 0.2) is 48.8 Å². The molecule has 0 unspecified atom stereocenters. The van der Waals surface area contributed by atoms with E-state index < -0.39 is 6.09 Å². The molecule has 0 saturated heterocycles. The Hall–Kier alpha value is -2.23. The highest BCUT2D eigenvalue weighted by Gasteiger charge is 2.03. The van der Waals surface area contributed by atoms with Crippen molar-refractivity contribution in [3.63, 3.8) is 0 Å². The molecular formula is C14H16N2O2. The molecule has 0 aliphatic heterocycles. The summed E-state index contributed by atoms with van der Waals surface area (Å²) in [6.07, 6.45) is 4.39. The summed E-state index contributed by atoms with van der Waals surface area (Å²) in [5, 5.41) is 2.72. The number of hydrogen-bond acceptors (Lipinski definition) is 2. The van der Waals surface area contributed by atoms with Crippen molar-refractivity contribution in [1.82, 2.24) is 9.88 Å². The number of nitrogens with zero attached hydrogens (tertiary/aromatic N) is 1. The zero-order valence-corrected chi connectivity index (χ0v) is 10.3. The minimum absolute atomic E-state index is 0.419. The van der Waals surface area contributed by atoms with Crippen molar-refractivity contribution in [2.24, 2.45) is 7.05 Å². The van der Waals surface area contributed by atoms with Gasteiger partial charge in [0.2, 0.25) is 0 Å². The fraction of sp³-hybridized carbons (Fsp3) is 0.214. The lowest BCUT2D eigenvalue weighted by molar-refractivity contribution is 0.200. The van der Waals surface area contributed by atoms with Crippen LogP contribution >= 0.6 is 0 Å². The molecule has 1 amide bonds. The van der Waals surface area contributed by atoms with Crippen LogP contribution in [0.25, 0.3) is 0 Å². The molecule has 1 N–H and O–H groups in total. The molecule has 2 aromatic rings. The molecule has 0 atom stereocenters. The lowest BCUT2D eigenvalue weighted by atomic mass is 10.2. The van der Waals surface area contributed by atoms with E-state index in [1.165, 1.54) is 5.56 Å². The van der Waals surface area contributed by atoms with E-state index in [-0.39, 0.29) is 0 Å². The van der Waals surface area contributed by atoms with E-state index in [2.05, 4.69) is 5.32 Å². The van der Waals surface area contributed by atoms with Crippen LogP contribution in [0.2, 0.25) is 0 Å². The van der Waals surface area contributed by atoms with Gasteiger partial charge in [0, 0.05) is 26.0 Å². The first-order chi connectivity index (χ1) is 8.74. The largest absolute Gasteiger partial charge is 0.412 e. The minimum Gasteiger partial charge on any atom is -0.410 e. The van der Waals surface area contributed by atoms with Gasteiger partial charge in [0.1, 0.15) is 5.75 Å². The maximum absolute atomic E-state index is 11.5. The van der Waals surface area contributed by atoms with Crippen molar-refractivity contribution < 1.29 is 9.53 Å². The summed E-state index contributed by atoms with van der Waals surface area (Å²) in [6, 6.07) is 11.1. The Kier molecular flexibility index (Phi) is 4.02. The average Bonchev–Trinajstić information content (AvgIpc) is 2.76. The van der Waals surface area contributed by atoms with Gasteiger partial charge >= 0.3 is 6.09 Å².